The molecule has 0 radical (unpaired) electrons. The van der Waals surface area contributed by atoms with Gasteiger partial charge in [0.1, 0.15) is 12.4 Å². The number of aryl methyl sites for hydroxylation is 1. The van der Waals surface area contributed by atoms with Gasteiger partial charge < -0.3 is 20.1 Å². The van der Waals surface area contributed by atoms with Crippen molar-refractivity contribution in [3.8, 4) is 5.75 Å². The number of hydrogen-bond acceptors (Lipinski definition) is 5. The van der Waals surface area contributed by atoms with Gasteiger partial charge in [0.2, 0.25) is 5.91 Å². The van der Waals surface area contributed by atoms with Gasteiger partial charge in [0.25, 0.3) is 5.91 Å². The van der Waals surface area contributed by atoms with Gasteiger partial charge in [-0.3, -0.25) is 14.5 Å². The second-order valence-corrected chi connectivity index (χ2v) is 7.55. The summed E-state index contributed by atoms with van der Waals surface area (Å²) in [7, 11) is 0. The van der Waals surface area contributed by atoms with Gasteiger partial charge in [-0.15, -0.1) is 0 Å². The smallest absolute Gasteiger partial charge is 0.251 e. The molecule has 2 aromatic rings. The maximum atomic E-state index is 12.2. The van der Waals surface area contributed by atoms with Crippen molar-refractivity contribution < 1.29 is 19.1 Å². The minimum Gasteiger partial charge on any atom is -0.492 e. The Morgan fingerprint density at radius 2 is 1.87 bits per heavy atom. The lowest BCUT2D eigenvalue weighted by molar-refractivity contribution is -0.121. The molecule has 1 saturated heterocycles. The van der Waals surface area contributed by atoms with Gasteiger partial charge >= 0.3 is 0 Å². The molecule has 0 spiro atoms. The third-order valence-electron chi connectivity index (χ3n) is 5.20. The van der Waals surface area contributed by atoms with Crippen LogP contribution < -0.4 is 15.4 Å². The van der Waals surface area contributed by atoms with Crippen LogP contribution in [-0.4, -0.2) is 62.7 Å². The second-order valence-electron chi connectivity index (χ2n) is 7.55. The standard InChI is InChI=1S/C24H31N3O4/c1-19-5-2-3-8-22(19)24(29)25-10-9-23(28)26-18-20-6-4-7-21(17-20)31-16-13-27-11-14-30-15-12-27/h2-8,17H,9-16,18H2,1H3,(H,25,29)(H,26,28). The van der Waals surface area contributed by atoms with E-state index in [2.05, 4.69) is 15.5 Å². The average Bonchev–Trinajstić information content (AvgIpc) is 2.79. The molecule has 0 aliphatic carbocycles. The Hall–Kier alpha value is -2.90. The molecule has 1 aliphatic rings. The summed E-state index contributed by atoms with van der Waals surface area (Å²) >= 11 is 0. The monoisotopic (exact) mass is 425 g/mol. The maximum absolute atomic E-state index is 12.2. The molecule has 7 nitrogen and oxygen atoms in total. The zero-order valence-corrected chi connectivity index (χ0v) is 18.1. The molecule has 2 amide bonds. The lowest BCUT2D eigenvalue weighted by Crippen LogP contribution is -2.38. The summed E-state index contributed by atoms with van der Waals surface area (Å²) in [6.45, 7) is 7.56. The Balaban J connectivity index is 1.34. The average molecular weight is 426 g/mol. The summed E-state index contributed by atoms with van der Waals surface area (Å²) in [6, 6.07) is 15.1. The van der Waals surface area contributed by atoms with E-state index < -0.39 is 0 Å². The van der Waals surface area contributed by atoms with Gasteiger partial charge in [0.05, 0.1) is 13.2 Å². The molecular formula is C24H31N3O4. The van der Waals surface area contributed by atoms with E-state index in [1.54, 1.807) is 6.07 Å². The molecule has 7 heteroatoms. The van der Waals surface area contributed by atoms with Crippen molar-refractivity contribution in [2.24, 2.45) is 0 Å². The second kappa shape index (κ2) is 12.1. The minimum atomic E-state index is -0.159. The molecular weight excluding hydrogens is 394 g/mol. The summed E-state index contributed by atoms with van der Waals surface area (Å²) in [4.78, 5) is 26.6. The molecule has 0 bridgehead atoms. The highest BCUT2D eigenvalue weighted by Crippen LogP contribution is 2.13. The highest BCUT2D eigenvalue weighted by atomic mass is 16.5. The van der Waals surface area contributed by atoms with E-state index in [9.17, 15) is 9.59 Å². The molecule has 2 aromatic carbocycles. The molecule has 0 saturated carbocycles. The summed E-state index contributed by atoms with van der Waals surface area (Å²) in [6.07, 6.45) is 0.230. The number of amides is 2. The molecule has 166 valence electrons. The summed E-state index contributed by atoms with van der Waals surface area (Å²) in [5.74, 6) is 0.530. The number of morpholine rings is 1. The molecule has 0 atom stereocenters. The lowest BCUT2D eigenvalue weighted by atomic mass is 10.1. The van der Waals surface area contributed by atoms with Crippen LogP contribution >= 0.6 is 0 Å². The first-order valence-electron chi connectivity index (χ1n) is 10.7. The van der Waals surface area contributed by atoms with Crippen LogP contribution in [0.5, 0.6) is 5.75 Å². The van der Waals surface area contributed by atoms with Crippen molar-refractivity contribution in [3.63, 3.8) is 0 Å². The summed E-state index contributed by atoms with van der Waals surface area (Å²) < 4.78 is 11.2. The lowest BCUT2D eigenvalue weighted by Gasteiger charge is -2.26. The van der Waals surface area contributed by atoms with Crippen LogP contribution in [-0.2, 0) is 16.1 Å². The van der Waals surface area contributed by atoms with Crippen LogP contribution in [0.15, 0.2) is 48.5 Å². The molecule has 1 heterocycles. The van der Waals surface area contributed by atoms with Crippen molar-refractivity contribution in [1.29, 1.82) is 0 Å². The molecule has 3 rings (SSSR count). The van der Waals surface area contributed by atoms with Gasteiger partial charge in [0.15, 0.2) is 0 Å². The maximum Gasteiger partial charge on any atom is 0.251 e. The molecule has 1 fully saturated rings. The van der Waals surface area contributed by atoms with Crippen LogP contribution in [0.1, 0.15) is 27.9 Å². The van der Waals surface area contributed by atoms with Crippen LogP contribution in [0.4, 0.5) is 0 Å². The highest BCUT2D eigenvalue weighted by Gasteiger charge is 2.10. The van der Waals surface area contributed by atoms with E-state index in [-0.39, 0.29) is 18.2 Å². The largest absolute Gasteiger partial charge is 0.492 e. The zero-order chi connectivity index (χ0) is 21.9. The van der Waals surface area contributed by atoms with Gasteiger partial charge in [-0.25, -0.2) is 0 Å². The van der Waals surface area contributed by atoms with Crippen molar-refractivity contribution in [2.75, 3.05) is 46.0 Å². The van der Waals surface area contributed by atoms with Crippen LogP contribution in [0.25, 0.3) is 0 Å². The van der Waals surface area contributed by atoms with E-state index >= 15 is 0 Å². The number of nitrogens with one attached hydrogen (secondary N) is 2. The van der Waals surface area contributed by atoms with Crippen molar-refractivity contribution >= 4 is 11.8 Å². The fourth-order valence-corrected chi connectivity index (χ4v) is 3.36. The molecule has 0 aromatic heterocycles. The van der Waals surface area contributed by atoms with E-state index in [0.717, 1.165) is 49.7 Å². The summed E-state index contributed by atoms with van der Waals surface area (Å²) in [5, 5.41) is 5.69. The fraction of sp³-hybridized carbons (Fsp3) is 0.417. The van der Waals surface area contributed by atoms with Gasteiger partial charge in [-0.05, 0) is 36.2 Å². The predicted molar refractivity (Wildman–Crippen MR) is 119 cm³/mol. The molecule has 1 aliphatic heterocycles. The van der Waals surface area contributed by atoms with Crippen molar-refractivity contribution in [3.05, 3.63) is 65.2 Å². The van der Waals surface area contributed by atoms with Crippen LogP contribution in [0.3, 0.4) is 0 Å². The first-order chi connectivity index (χ1) is 15.1. The van der Waals surface area contributed by atoms with E-state index in [4.69, 9.17) is 9.47 Å². The van der Waals surface area contributed by atoms with E-state index in [1.807, 2.05) is 49.4 Å². The predicted octanol–water partition coefficient (Wildman–Crippen LogP) is 2.14. The van der Waals surface area contributed by atoms with Crippen molar-refractivity contribution in [1.82, 2.24) is 15.5 Å². The number of ether oxygens (including phenoxy) is 2. The molecule has 2 N–H and O–H groups in total. The first kappa shape index (κ1) is 22.8. The van der Waals surface area contributed by atoms with E-state index in [0.29, 0.717) is 25.3 Å². The first-order valence-corrected chi connectivity index (χ1v) is 10.7. The van der Waals surface area contributed by atoms with Crippen LogP contribution in [0.2, 0.25) is 0 Å². The van der Waals surface area contributed by atoms with Crippen LogP contribution in [0, 0.1) is 6.92 Å². The highest BCUT2D eigenvalue weighted by molar-refractivity contribution is 5.95. The summed E-state index contributed by atoms with van der Waals surface area (Å²) in [5.41, 5.74) is 2.52. The van der Waals surface area contributed by atoms with Gasteiger partial charge in [-0.2, -0.15) is 0 Å². The zero-order valence-electron chi connectivity index (χ0n) is 18.1. The number of carbonyl (C=O) groups is 2. The number of nitrogens with zero attached hydrogens (tertiary/aromatic N) is 1. The Labute approximate surface area is 183 Å². The number of rotatable bonds is 10. The number of hydrogen-bond donors (Lipinski definition) is 2. The molecule has 0 unspecified atom stereocenters. The topological polar surface area (TPSA) is 79.9 Å². The minimum absolute atomic E-state index is 0.108. The Morgan fingerprint density at radius 1 is 1.06 bits per heavy atom. The molecule has 31 heavy (non-hydrogen) atoms. The SMILES string of the molecule is Cc1ccccc1C(=O)NCCC(=O)NCc1cccc(OCCN2CCOCC2)c1. The number of benzene rings is 2. The van der Waals surface area contributed by atoms with Gasteiger partial charge in [-0.1, -0.05) is 30.3 Å². The van der Waals surface area contributed by atoms with E-state index in [1.165, 1.54) is 0 Å². The van der Waals surface area contributed by atoms with Gasteiger partial charge in [0, 0.05) is 44.7 Å². The van der Waals surface area contributed by atoms with Crippen molar-refractivity contribution in [2.45, 2.75) is 19.9 Å². The Morgan fingerprint density at radius 3 is 2.68 bits per heavy atom. The quantitative estimate of drug-likeness (QED) is 0.610. The number of carbonyl (C=O) groups excluding carboxylic acids is 2. The third-order valence-corrected chi connectivity index (χ3v) is 5.20. The fourth-order valence-electron chi connectivity index (χ4n) is 3.36. The normalized spacial score (nSPS) is 14.1. The third kappa shape index (κ3) is 7.70. The Bertz CT molecular complexity index is 865. The Kier molecular flexibility index (Phi) is 8.87.